The number of nitrogens with zero attached hydrogens (tertiary/aromatic N) is 1. The topological polar surface area (TPSA) is 44.4 Å². The Hall–Kier alpha value is -0.610. The molecule has 116 valence electrons. The fraction of sp³-hybridized carbons (Fsp3) is 0.938. The molecule has 0 radical (unpaired) electrons. The third-order valence-electron chi connectivity index (χ3n) is 4.95. The van der Waals surface area contributed by atoms with Crippen molar-refractivity contribution < 1.29 is 4.79 Å². The van der Waals surface area contributed by atoms with E-state index >= 15 is 0 Å². The lowest BCUT2D eigenvalue weighted by atomic mass is 9.84. The summed E-state index contributed by atoms with van der Waals surface area (Å²) in [6.07, 6.45) is 5.37. The highest BCUT2D eigenvalue weighted by molar-refractivity contribution is 5.76. The largest absolute Gasteiger partial charge is 0.338 e. The van der Waals surface area contributed by atoms with Gasteiger partial charge in [-0.1, -0.05) is 13.8 Å². The van der Waals surface area contributed by atoms with E-state index in [9.17, 15) is 4.79 Å². The molecule has 0 aromatic carbocycles. The van der Waals surface area contributed by atoms with Crippen LogP contribution in [-0.2, 0) is 4.79 Å². The molecule has 1 amide bonds. The summed E-state index contributed by atoms with van der Waals surface area (Å²) < 4.78 is 0. The molecule has 2 fully saturated rings. The second-order valence-corrected chi connectivity index (χ2v) is 6.50. The summed E-state index contributed by atoms with van der Waals surface area (Å²) in [5, 5.41) is 6.79. The summed E-state index contributed by atoms with van der Waals surface area (Å²) in [5.74, 6) is 1.63. The molecule has 4 heteroatoms. The van der Waals surface area contributed by atoms with Crippen molar-refractivity contribution in [2.75, 3.05) is 32.7 Å². The zero-order valence-electron chi connectivity index (χ0n) is 13.2. The number of hydrogen-bond donors (Lipinski definition) is 2. The predicted octanol–water partition coefficient (Wildman–Crippen LogP) is 1.61. The summed E-state index contributed by atoms with van der Waals surface area (Å²) in [5.41, 5.74) is 0. The molecule has 0 bridgehead atoms. The van der Waals surface area contributed by atoms with Gasteiger partial charge in [0.05, 0.1) is 0 Å². The van der Waals surface area contributed by atoms with Crippen LogP contribution < -0.4 is 10.6 Å². The van der Waals surface area contributed by atoms with Crippen molar-refractivity contribution >= 4 is 5.91 Å². The van der Waals surface area contributed by atoms with Gasteiger partial charge in [-0.25, -0.2) is 0 Å². The Kier molecular flexibility index (Phi) is 6.30. The van der Waals surface area contributed by atoms with E-state index in [-0.39, 0.29) is 0 Å². The fourth-order valence-electron chi connectivity index (χ4n) is 3.63. The smallest absolute Gasteiger partial charge is 0.223 e. The van der Waals surface area contributed by atoms with Crippen molar-refractivity contribution in [2.24, 2.45) is 11.8 Å². The monoisotopic (exact) mass is 281 g/mol. The van der Waals surface area contributed by atoms with Crippen LogP contribution in [0.3, 0.4) is 0 Å². The first-order valence-electron chi connectivity index (χ1n) is 8.43. The van der Waals surface area contributed by atoms with Crippen LogP contribution >= 0.6 is 0 Å². The first-order chi connectivity index (χ1) is 9.72. The average Bonchev–Trinajstić information content (AvgIpc) is 2.99. The molecule has 4 nitrogen and oxygen atoms in total. The first-order valence-corrected chi connectivity index (χ1v) is 8.43. The Labute approximate surface area is 123 Å². The Morgan fingerprint density at radius 3 is 2.50 bits per heavy atom. The van der Waals surface area contributed by atoms with E-state index in [1.165, 1.54) is 12.8 Å². The molecule has 2 heterocycles. The van der Waals surface area contributed by atoms with Gasteiger partial charge in [-0.3, -0.25) is 4.79 Å². The number of rotatable bonds is 6. The lowest BCUT2D eigenvalue weighted by Crippen LogP contribution is -2.43. The Morgan fingerprint density at radius 2 is 1.90 bits per heavy atom. The van der Waals surface area contributed by atoms with Gasteiger partial charge in [0.1, 0.15) is 0 Å². The van der Waals surface area contributed by atoms with Crippen LogP contribution in [0.4, 0.5) is 0 Å². The predicted molar refractivity (Wildman–Crippen MR) is 82.7 cm³/mol. The molecule has 2 aliphatic rings. The van der Waals surface area contributed by atoms with Gasteiger partial charge in [-0.05, 0) is 57.2 Å². The minimum Gasteiger partial charge on any atom is -0.338 e. The van der Waals surface area contributed by atoms with Gasteiger partial charge in [-0.15, -0.1) is 0 Å². The summed E-state index contributed by atoms with van der Waals surface area (Å²) in [6, 6.07) is 0.433. The molecule has 0 saturated carbocycles. The van der Waals surface area contributed by atoms with Crippen LogP contribution in [0.1, 0.15) is 46.0 Å². The second kappa shape index (κ2) is 7.99. The van der Waals surface area contributed by atoms with E-state index < -0.39 is 0 Å². The van der Waals surface area contributed by atoms with Gasteiger partial charge in [-0.2, -0.15) is 0 Å². The number of nitrogens with one attached hydrogen (secondary N) is 2. The van der Waals surface area contributed by atoms with E-state index in [0.29, 0.717) is 17.9 Å². The maximum atomic E-state index is 12.7. The molecule has 2 atom stereocenters. The van der Waals surface area contributed by atoms with Crippen LogP contribution in [0, 0.1) is 11.8 Å². The van der Waals surface area contributed by atoms with Gasteiger partial charge in [0.2, 0.25) is 5.91 Å². The molecule has 2 N–H and O–H groups in total. The molecule has 0 aromatic heterocycles. The minimum absolute atomic E-state index is 0.381. The molecule has 0 aromatic rings. The van der Waals surface area contributed by atoms with Crippen LogP contribution in [0.5, 0.6) is 0 Å². The summed E-state index contributed by atoms with van der Waals surface area (Å²) in [7, 11) is 0. The van der Waals surface area contributed by atoms with Crippen molar-refractivity contribution in [1.82, 2.24) is 15.5 Å². The average molecular weight is 281 g/mol. The van der Waals surface area contributed by atoms with Crippen LogP contribution in [0.2, 0.25) is 0 Å². The lowest BCUT2D eigenvalue weighted by Gasteiger charge is -2.32. The van der Waals surface area contributed by atoms with E-state index in [1.807, 2.05) is 0 Å². The third kappa shape index (κ3) is 4.19. The molecule has 2 unspecified atom stereocenters. The SMILES string of the molecule is CCCN(C(=O)CC(C)C1CCNCC1)C1CCNC1. The number of amides is 1. The van der Waals surface area contributed by atoms with Crippen LogP contribution in [0.25, 0.3) is 0 Å². The number of carbonyl (C=O) groups is 1. The van der Waals surface area contributed by atoms with Gasteiger partial charge in [0.25, 0.3) is 0 Å². The number of hydrogen-bond acceptors (Lipinski definition) is 3. The van der Waals surface area contributed by atoms with Gasteiger partial charge in [0, 0.05) is 25.6 Å². The number of carbonyl (C=O) groups excluding carboxylic acids is 1. The molecule has 0 spiro atoms. The summed E-state index contributed by atoms with van der Waals surface area (Å²) in [6.45, 7) is 9.63. The lowest BCUT2D eigenvalue weighted by molar-refractivity contribution is -0.134. The van der Waals surface area contributed by atoms with Crippen molar-refractivity contribution in [1.29, 1.82) is 0 Å². The molecule has 2 aliphatic heterocycles. The van der Waals surface area contributed by atoms with Gasteiger partial charge in [0.15, 0.2) is 0 Å². The highest BCUT2D eigenvalue weighted by atomic mass is 16.2. The summed E-state index contributed by atoms with van der Waals surface area (Å²) in [4.78, 5) is 14.8. The van der Waals surface area contributed by atoms with E-state index in [4.69, 9.17) is 0 Å². The van der Waals surface area contributed by atoms with E-state index in [0.717, 1.165) is 57.9 Å². The second-order valence-electron chi connectivity index (χ2n) is 6.50. The molecule has 0 aliphatic carbocycles. The van der Waals surface area contributed by atoms with Gasteiger partial charge >= 0.3 is 0 Å². The molecule has 2 saturated heterocycles. The Morgan fingerprint density at radius 1 is 1.20 bits per heavy atom. The Balaban J connectivity index is 1.86. The summed E-state index contributed by atoms with van der Waals surface area (Å²) >= 11 is 0. The van der Waals surface area contributed by atoms with Crippen molar-refractivity contribution in [3.63, 3.8) is 0 Å². The quantitative estimate of drug-likeness (QED) is 0.777. The zero-order chi connectivity index (χ0) is 14.4. The molecular weight excluding hydrogens is 250 g/mol. The van der Waals surface area contributed by atoms with Crippen LogP contribution in [-0.4, -0.2) is 49.6 Å². The standard InChI is InChI=1S/C16H31N3O/c1-3-10-19(15-6-9-18-12-15)16(20)11-13(2)14-4-7-17-8-5-14/h13-15,17-18H,3-12H2,1-2H3. The highest BCUT2D eigenvalue weighted by Crippen LogP contribution is 2.25. The van der Waals surface area contributed by atoms with Crippen molar-refractivity contribution in [3.05, 3.63) is 0 Å². The normalized spacial score (nSPS) is 25.6. The molecular formula is C16H31N3O. The molecule has 2 rings (SSSR count). The first kappa shape index (κ1) is 15.8. The fourth-order valence-corrected chi connectivity index (χ4v) is 3.63. The zero-order valence-corrected chi connectivity index (χ0v) is 13.2. The maximum absolute atomic E-state index is 12.7. The Bertz CT molecular complexity index is 296. The van der Waals surface area contributed by atoms with E-state index in [1.54, 1.807) is 0 Å². The van der Waals surface area contributed by atoms with Gasteiger partial charge < -0.3 is 15.5 Å². The maximum Gasteiger partial charge on any atom is 0.223 e. The highest BCUT2D eigenvalue weighted by Gasteiger charge is 2.28. The number of piperidine rings is 1. The van der Waals surface area contributed by atoms with Crippen molar-refractivity contribution in [3.8, 4) is 0 Å². The minimum atomic E-state index is 0.381. The van der Waals surface area contributed by atoms with Crippen LogP contribution in [0.15, 0.2) is 0 Å². The van der Waals surface area contributed by atoms with E-state index in [2.05, 4.69) is 29.4 Å². The van der Waals surface area contributed by atoms with Crippen molar-refractivity contribution in [2.45, 2.75) is 52.0 Å². The third-order valence-corrected chi connectivity index (χ3v) is 4.95. The molecule has 20 heavy (non-hydrogen) atoms.